The lowest BCUT2D eigenvalue weighted by molar-refractivity contribution is -0.0334. The number of piperazine rings is 1. The number of phenols is 1. The molecule has 3 aromatic rings. The van der Waals surface area contributed by atoms with Crippen molar-refractivity contribution < 1.29 is 33.6 Å². The number of fused-ring (bicyclic) bond motifs is 2. The van der Waals surface area contributed by atoms with Gasteiger partial charge < -0.3 is 28.8 Å². The van der Waals surface area contributed by atoms with Crippen LogP contribution in [0.4, 0.5) is 0 Å². The van der Waals surface area contributed by atoms with Gasteiger partial charge in [0.15, 0.2) is 5.76 Å². The molecule has 0 spiro atoms. The minimum Gasteiger partial charge on any atom is -0.507 e. The molecule has 0 saturated carbocycles. The summed E-state index contributed by atoms with van der Waals surface area (Å²) in [5, 5.41) is 20.6. The summed E-state index contributed by atoms with van der Waals surface area (Å²) >= 11 is 0. The number of allylic oxidation sites excluding steroid dienone is 1. The summed E-state index contributed by atoms with van der Waals surface area (Å²) < 4.78 is 21.6. The Kier molecular flexibility index (Phi) is 8.18. The van der Waals surface area contributed by atoms with Gasteiger partial charge in [-0.2, -0.15) is 0 Å². The molecular formula is C28H32N2O7. The predicted molar refractivity (Wildman–Crippen MR) is 138 cm³/mol. The molecule has 6 rings (SSSR count). The van der Waals surface area contributed by atoms with Gasteiger partial charge in [0.2, 0.25) is 5.78 Å². The van der Waals surface area contributed by atoms with E-state index in [1.807, 2.05) is 30.3 Å². The number of Topliss-reactive ketones (excluding diaryl/α,β-unsaturated/α-hetero) is 1. The average Bonchev–Trinajstić information content (AvgIpc) is 3.48. The molecule has 3 aliphatic heterocycles. The number of ketones is 1. The molecule has 37 heavy (non-hydrogen) atoms. The Balaban J connectivity index is 0.000000412. The van der Waals surface area contributed by atoms with E-state index in [2.05, 4.69) is 9.80 Å². The van der Waals surface area contributed by atoms with Crippen LogP contribution in [0.2, 0.25) is 0 Å². The van der Waals surface area contributed by atoms with Crippen LogP contribution in [0.3, 0.4) is 0 Å². The zero-order chi connectivity index (χ0) is 25.6. The minimum absolute atomic E-state index is 0.120. The third-order valence-electron chi connectivity index (χ3n) is 6.64. The Hall–Kier alpha value is -3.21. The van der Waals surface area contributed by atoms with Crippen molar-refractivity contribution in [3.8, 4) is 11.5 Å². The summed E-state index contributed by atoms with van der Waals surface area (Å²) in [6, 6.07) is 12.7. The van der Waals surface area contributed by atoms with Gasteiger partial charge in [-0.25, -0.2) is 0 Å². The molecule has 9 heteroatoms. The van der Waals surface area contributed by atoms with Crippen LogP contribution in [0.5, 0.6) is 11.5 Å². The first-order valence-corrected chi connectivity index (χ1v) is 12.6. The molecular weight excluding hydrogens is 476 g/mol. The number of β-amino-alcohol motifs (C(OH)–C–C–N with tert-alkyl or cyclic N) is 1. The number of hydrogen-bond donors (Lipinski definition) is 2. The van der Waals surface area contributed by atoms with E-state index in [1.54, 1.807) is 18.2 Å². The van der Waals surface area contributed by atoms with Crippen LogP contribution in [0.15, 0.2) is 52.6 Å². The molecule has 0 aliphatic carbocycles. The molecule has 2 aromatic carbocycles. The van der Waals surface area contributed by atoms with Gasteiger partial charge in [-0.05, 0) is 24.3 Å². The quantitative estimate of drug-likeness (QED) is 0.504. The smallest absolute Gasteiger partial charge is 0.232 e. The number of ether oxygens (including phenoxy) is 3. The molecule has 196 valence electrons. The van der Waals surface area contributed by atoms with E-state index < -0.39 is 0 Å². The second-order valence-corrected chi connectivity index (χ2v) is 9.13. The fraction of sp³-hybridized carbons (Fsp3) is 0.393. The monoisotopic (exact) mass is 508 g/mol. The van der Waals surface area contributed by atoms with Crippen molar-refractivity contribution >= 4 is 22.8 Å². The number of aromatic hydroxyl groups is 1. The van der Waals surface area contributed by atoms with Gasteiger partial charge in [-0.3, -0.25) is 14.6 Å². The molecule has 0 atom stereocenters. The highest BCUT2D eigenvalue weighted by Crippen LogP contribution is 2.40. The van der Waals surface area contributed by atoms with Crippen LogP contribution in [0.1, 0.15) is 21.7 Å². The van der Waals surface area contributed by atoms with Crippen molar-refractivity contribution in [1.82, 2.24) is 9.80 Å². The van der Waals surface area contributed by atoms with Gasteiger partial charge in [0.25, 0.3) is 0 Å². The van der Waals surface area contributed by atoms with Gasteiger partial charge in [0.1, 0.15) is 22.8 Å². The molecule has 1 aromatic heterocycles. The SMILES string of the molecule is C1COCCO1.O=C1/C(=C/c2cc3ccccc3o2)Oc2c1ccc(O)c2CN1CCN(CCO)CC1. The number of carbonyl (C=O) groups excluding carboxylic acids is 1. The third kappa shape index (κ3) is 6.03. The van der Waals surface area contributed by atoms with Gasteiger partial charge in [-0.1, -0.05) is 18.2 Å². The largest absolute Gasteiger partial charge is 0.507 e. The fourth-order valence-electron chi connectivity index (χ4n) is 4.63. The first-order chi connectivity index (χ1) is 18.1. The number of benzene rings is 2. The van der Waals surface area contributed by atoms with Gasteiger partial charge >= 0.3 is 0 Å². The summed E-state index contributed by atoms with van der Waals surface area (Å²) in [5.74, 6) is 1.06. The Morgan fingerprint density at radius 1 is 0.919 bits per heavy atom. The van der Waals surface area contributed by atoms with Gasteiger partial charge in [-0.15, -0.1) is 0 Å². The molecule has 0 radical (unpaired) electrons. The molecule has 0 amide bonds. The lowest BCUT2D eigenvalue weighted by Crippen LogP contribution is -2.46. The zero-order valence-corrected chi connectivity index (χ0v) is 20.7. The summed E-state index contributed by atoms with van der Waals surface area (Å²) in [4.78, 5) is 17.4. The Bertz CT molecular complexity index is 1210. The van der Waals surface area contributed by atoms with E-state index in [1.165, 1.54) is 0 Å². The number of carbonyl (C=O) groups is 1. The van der Waals surface area contributed by atoms with Crippen molar-refractivity contribution in [2.24, 2.45) is 0 Å². The second kappa shape index (κ2) is 11.9. The molecule has 2 saturated heterocycles. The van der Waals surface area contributed by atoms with Gasteiger partial charge in [0.05, 0.1) is 44.2 Å². The first-order valence-electron chi connectivity index (χ1n) is 12.6. The molecule has 9 nitrogen and oxygen atoms in total. The highest BCUT2D eigenvalue weighted by molar-refractivity contribution is 6.15. The van der Waals surface area contributed by atoms with Crippen LogP contribution < -0.4 is 4.74 Å². The summed E-state index contributed by atoms with van der Waals surface area (Å²) in [5.41, 5.74) is 1.82. The lowest BCUT2D eigenvalue weighted by Gasteiger charge is -2.34. The van der Waals surface area contributed by atoms with Crippen LogP contribution in [-0.4, -0.2) is 91.6 Å². The highest BCUT2D eigenvalue weighted by atomic mass is 16.6. The predicted octanol–water partition coefficient (Wildman–Crippen LogP) is 2.90. The summed E-state index contributed by atoms with van der Waals surface area (Å²) in [7, 11) is 0. The number of aliphatic hydroxyl groups is 1. The van der Waals surface area contributed by atoms with Crippen LogP contribution in [0, 0.1) is 0 Å². The van der Waals surface area contributed by atoms with Crippen molar-refractivity contribution in [3.05, 3.63) is 65.1 Å². The Labute approximate surface area is 215 Å². The van der Waals surface area contributed by atoms with Crippen molar-refractivity contribution in [2.45, 2.75) is 6.54 Å². The molecule has 0 bridgehead atoms. The number of aliphatic hydroxyl groups excluding tert-OH is 1. The Morgan fingerprint density at radius 2 is 1.62 bits per heavy atom. The topological polar surface area (TPSA) is 105 Å². The normalized spacial score (nSPS) is 19.5. The maximum absolute atomic E-state index is 12.9. The van der Waals surface area contributed by atoms with E-state index in [-0.39, 0.29) is 23.9 Å². The summed E-state index contributed by atoms with van der Waals surface area (Å²) in [6.07, 6.45) is 1.61. The molecule has 2 fully saturated rings. The second-order valence-electron chi connectivity index (χ2n) is 9.13. The van der Waals surface area contributed by atoms with Crippen molar-refractivity contribution in [3.63, 3.8) is 0 Å². The highest BCUT2D eigenvalue weighted by Gasteiger charge is 2.32. The average molecular weight is 509 g/mol. The summed E-state index contributed by atoms with van der Waals surface area (Å²) in [6.45, 7) is 7.78. The lowest BCUT2D eigenvalue weighted by atomic mass is 10.0. The Morgan fingerprint density at radius 3 is 2.30 bits per heavy atom. The number of phenolic OH excluding ortho intramolecular Hbond substituents is 1. The number of rotatable bonds is 5. The fourth-order valence-corrected chi connectivity index (χ4v) is 4.63. The molecule has 4 heterocycles. The van der Waals surface area contributed by atoms with Gasteiger partial charge in [0, 0.05) is 50.7 Å². The number of nitrogens with zero attached hydrogens (tertiary/aromatic N) is 2. The van der Waals surface area contributed by atoms with E-state index in [4.69, 9.17) is 23.7 Å². The maximum Gasteiger partial charge on any atom is 0.232 e. The van der Waals surface area contributed by atoms with Crippen molar-refractivity contribution in [2.75, 3.05) is 65.8 Å². The van der Waals surface area contributed by atoms with Crippen LogP contribution in [0.25, 0.3) is 17.0 Å². The van der Waals surface area contributed by atoms with Crippen LogP contribution >= 0.6 is 0 Å². The van der Waals surface area contributed by atoms with Crippen LogP contribution in [-0.2, 0) is 16.0 Å². The first kappa shape index (κ1) is 25.4. The third-order valence-corrected chi connectivity index (χ3v) is 6.64. The van der Waals surface area contributed by atoms with E-state index >= 15 is 0 Å². The number of furan rings is 1. The number of hydrogen-bond acceptors (Lipinski definition) is 9. The minimum atomic E-state index is -0.218. The molecule has 0 unspecified atom stereocenters. The molecule has 2 N–H and O–H groups in total. The van der Waals surface area contributed by atoms with E-state index in [0.29, 0.717) is 35.7 Å². The maximum atomic E-state index is 12.9. The van der Waals surface area contributed by atoms with Crippen molar-refractivity contribution in [1.29, 1.82) is 0 Å². The van der Waals surface area contributed by atoms with E-state index in [9.17, 15) is 9.90 Å². The van der Waals surface area contributed by atoms with E-state index in [0.717, 1.165) is 63.6 Å². The molecule has 3 aliphatic rings. The standard InChI is InChI=1S/C24H24N2O5.C4H8O2/c27-12-11-25-7-9-26(10-8-25)15-19-20(28)6-5-18-23(29)22(31-24(18)19)14-17-13-16-3-1-2-4-21(16)30-17;1-2-6-4-3-5-1/h1-6,13-14,27-28H,7-12,15H2;1-4H2/b22-14-;. The number of para-hydroxylation sites is 1. The zero-order valence-electron chi connectivity index (χ0n) is 20.7.